The number of nitrogens with one attached hydrogen (secondary N) is 1. The lowest BCUT2D eigenvalue weighted by atomic mass is 9.96. The lowest BCUT2D eigenvalue weighted by Gasteiger charge is -2.35. The molecule has 2 aliphatic heterocycles. The number of hydrogen-bond acceptors (Lipinski definition) is 3. The Labute approximate surface area is 151 Å². The van der Waals surface area contributed by atoms with Crippen molar-refractivity contribution in [3.05, 3.63) is 35.6 Å². The van der Waals surface area contributed by atoms with Gasteiger partial charge in [0.1, 0.15) is 11.2 Å². The summed E-state index contributed by atoms with van der Waals surface area (Å²) in [5.74, 6) is 0.564. The Kier molecular flexibility index (Phi) is 5.83. The number of thioether (sulfide) groups is 1. The van der Waals surface area contributed by atoms with E-state index in [0.717, 1.165) is 12.8 Å². The van der Waals surface area contributed by atoms with E-state index in [1.807, 2.05) is 22.8 Å². The molecule has 7 heteroatoms. The molecule has 0 bridgehead atoms. The first-order chi connectivity index (χ1) is 12.1. The summed E-state index contributed by atoms with van der Waals surface area (Å²) >= 11 is 1.49. The van der Waals surface area contributed by atoms with Crippen LogP contribution in [0.3, 0.4) is 0 Å². The molecule has 0 spiro atoms. The Balaban J connectivity index is 1.61. The Morgan fingerprint density at radius 1 is 1.32 bits per heavy atom. The number of carbonyl (C=O) groups is 2. The Morgan fingerprint density at radius 3 is 2.72 bits per heavy atom. The molecule has 0 aromatic heterocycles. The van der Waals surface area contributed by atoms with Crippen molar-refractivity contribution < 1.29 is 14.0 Å². The van der Waals surface area contributed by atoms with Crippen molar-refractivity contribution in [3.8, 4) is 0 Å². The highest BCUT2D eigenvalue weighted by Crippen LogP contribution is 2.40. The highest BCUT2D eigenvalue weighted by molar-refractivity contribution is 8.00. The molecule has 2 heterocycles. The fourth-order valence-corrected chi connectivity index (χ4v) is 4.66. The minimum absolute atomic E-state index is 0.0158. The maximum absolute atomic E-state index is 14.1. The largest absolute Gasteiger partial charge is 0.338 e. The first-order valence-corrected chi connectivity index (χ1v) is 9.83. The Bertz CT molecular complexity index is 635. The van der Waals surface area contributed by atoms with Gasteiger partial charge in [0.2, 0.25) is 5.91 Å². The number of halogens is 1. The minimum atomic E-state index is -0.259. The van der Waals surface area contributed by atoms with Crippen molar-refractivity contribution in [1.29, 1.82) is 0 Å². The van der Waals surface area contributed by atoms with E-state index < -0.39 is 0 Å². The number of amides is 3. The molecule has 1 atom stereocenters. The summed E-state index contributed by atoms with van der Waals surface area (Å²) < 4.78 is 14.1. The number of nitrogens with zero attached hydrogens (tertiary/aromatic N) is 2. The lowest BCUT2D eigenvalue weighted by Crippen LogP contribution is -2.46. The van der Waals surface area contributed by atoms with E-state index in [2.05, 4.69) is 5.32 Å². The van der Waals surface area contributed by atoms with Gasteiger partial charge >= 0.3 is 6.03 Å². The Hall–Kier alpha value is -1.76. The molecule has 136 valence electrons. The van der Waals surface area contributed by atoms with Crippen LogP contribution >= 0.6 is 11.8 Å². The molecule has 0 saturated carbocycles. The van der Waals surface area contributed by atoms with Crippen molar-refractivity contribution in [2.24, 2.45) is 5.92 Å². The average Bonchev–Trinajstić information content (AvgIpc) is 2.97. The first-order valence-electron chi connectivity index (χ1n) is 8.78. The molecule has 25 heavy (non-hydrogen) atoms. The van der Waals surface area contributed by atoms with Gasteiger partial charge in [0, 0.05) is 31.7 Å². The van der Waals surface area contributed by atoms with Crippen LogP contribution in [0, 0.1) is 11.7 Å². The van der Waals surface area contributed by atoms with E-state index in [1.165, 1.54) is 17.8 Å². The van der Waals surface area contributed by atoms with Crippen LogP contribution in [0.1, 0.15) is 30.7 Å². The van der Waals surface area contributed by atoms with Gasteiger partial charge in [0.15, 0.2) is 0 Å². The second kappa shape index (κ2) is 8.08. The molecule has 0 unspecified atom stereocenters. The zero-order chi connectivity index (χ0) is 17.8. The van der Waals surface area contributed by atoms with Gasteiger partial charge < -0.3 is 15.1 Å². The van der Waals surface area contributed by atoms with Gasteiger partial charge in [-0.3, -0.25) is 4.79 Å². The predicted molar refractivity (Wildman–Crippen MR) is 96.7 cm³/mol. The summed E-state index contributed by atoms with van der Waals surface area (Å²) in [6, 6.07) is 6.67. The summed E-state index contributed by atoms with van der Waals surface area (Å²) in [5.41, 5.74) is 0.582. The fourth-order valence-electron chi connectivity index (χ4n) is 3.44. The van der Waals surface area contributed by atoms with Crippen LogP contribution in [0.4, 0.5) is 9.18 Å². The van der Waals surface area contributed by atoms with Crippen LogP contribution in [-0.2, 0) is 4.79 Å². The van der Waals surface area contributed by atoms with Gasteiger partial charge in [-0.05, 0) is 31.7 Å². The smallest absolute Gasteiger partial charge is 0.317 e. The number of benzene rings is 1. The molecule has 1 N–H and O–H groups in total. The predicted octanol–water partition coefficient (Wildman–Crippen LogP) is 2.84. The zero-order valence-corrected chi connectivity index (χ0v) is 15.2. The molecule has 2 aliphatic rings. The number of urea groups is 1. The van der Waals surface area contributed by atoms with E-state index in [9.17, 15) is 14.0 Å². The van der Waals surface area contributed by atoms with Gasteiger partial charge in [-0.1, -0.05) is 18.2 Å². The quantitative estimate of drug-likeness (QED) is 0.893. The lowest BCUT2D eigenvalue weighted by molar-refractivity contribution is -0.128. The van der Waals surface area contributed by atoms with Crippen LogP contribution < -0.4 is 5.32 Å². The molecule has 2 saturated heterocycles. The topological polar surface area (TPSA) is 52.7 Å². The Morgan fingerprint density at radius 2 is 2.04 bits per heavy atom. The highest BCUT2D eigenvalue weighted by atomic mass is 32.2. The third-order valence-corrected chi connectivity index (χ3v) is 6.06. The number of likely N-dealkylation sites (tertiary alicyclic amines) is 1. The minimum Gasteiger partial charge on any atom is -0.338 e. The number of hydrogen-bond donors (Lipinski definition) is 1. The van der Waals surface area contributed by atoms with E-state index in [0.29, 0.717) is 43.4 Å². The molecule has 1 aromatic carbocycles. The van der Waals surface area contributed by atoms with Crippen LogP contribution in [-0.4, -0.2) is 53.7 Å². The van der Waals surface area contributed by atoms with E-state index in [-0.39, 0.29) is 23.1 Å². The van der Waals surface area contributed by atoms with Gasteiger partial charge in [-0.2, -0.15) is 0 Å². The fraction of sp³-hybridized carbons (Fsp3) is 0.556. The molecule has 3 rings (SSSR count). The van der Waals surface area contributed by atoms with Crippen molar-refractivity contribution in [2.45, 2.75) is 25.1 Å². The van der Waals surface area contributed by atoms with E-state index in [4.69, 9.17) is 0 Å². The zero-order valence-electron chi connectivity index (χ0n) is 14.4. The molecule has 0 radical (unpaired) electrons. The molecule has 5 nitrogen and oxygen atoms in total. The molecule has 2 fully saturated rings. The second-order valence-corrected chi connectivity index (χ2v) is 7.57. The third kappa shape index (κ3) is 4.08. The number of piperidine rings is 1. The molecular weight excluding hydrogens is 341 g/mol. The first kappa shape index (κ1) is 18.0. The molecule has 1 aromatic rings. The van der Waals surface area contributed by atoms with Crippen LogP contribution in [0.5, 0.6) is 0 Å². The molecular formula is C18H24FN3O2S. The number of rotatable bonds is 4. The van der Waals surface area contributed by atoms with Crippen molar-refractivity contribution >= 4 is 23.7 Å². The summed E-state index contributed by atoms with van der Waals surface area (Å²) in [6.45, 7) is 4.58. The van der Waals surface area contributed by atoms with E-state index >= 15 is 0 Å². The maximum Gasteiger partial charge on any atom is 0.317 e. The van der Waals surface area contributed by atoms with Crippen molar-refractivity contribution in [1.82, 2.24) is 15.1 Å². The summed E-state index contributed by atoms with van der Waals surface area (Å²) in [5, 5.41) is 2.58. The van der Waals surface area contributed by atoms with E-state index in [1.54, 1.807) is 12.1 Å². The second-order valence-electron chi connectivity index (χ2n) is 6.50. The van der Waals surface area contributed by atoms with Gasteiger partial charge in [-0.25, -0.2) is 9.18 Å². The maximum atomic E-state index is 14.1. The summed E-state index contributed by atoms with van der Waals surface area (Å²) in [4.78, 5) is 27.8. The molecule has 3 amide bonds. The highest BCUT2D eigenvalue weighted by Gasteiger charge is 2.36. The van der Waals surface area contributed by atoms with Gasteiger partial charge in [0.05, 0.1) is 5.75 Å². The van der Waals surface area contributed by atoms with Crippen molar-refractivity contribution in [2.75, 3.05) is 31.9 Å². The monoisotopic (exact) mass is 365 g/mol. The normalized spacial score (nSPS) is 21.7. The summed E-state index contributed by atoms with van der Waals surface area (Å²) in [6.07, 6.45) is 1.74. The summed E-state index contributed by atoms with van der Waals surface area (Å²) in [7, 11) is 0. The van der Waals surface area contributed by atoms with Crippen molar-refractivity contribution in [3.63, 3.8) is 0 Å². The van der Waals surface area contributed by atoms with Crippen LogP contribution in [0.2, 0.25) is 0 Å². The van der Waals surface area contributed by atoms with Gasteiger partial charge in [-0.15, -0.1) is 11.8 Å². The van der Waals surface area contributed by atoms with Crippen LogP contribution in [0.25, 0.3) is 0 Å². The number of carbonyl (C=O) groups excluding carboxylic acids is 2. The standard InChI is InChI=1S/C18H24FN3O2S/c1-2-20-18(24)21-9-7-13(8-10-21)11-22-16(23)12-25-17(22)14-5-3-4-6-15(14)19/h3-6,13,17H,2,7-12H2,1H3,(H,20,24)/t17-/m0/s1. The average molecular weight is 365 g/mol. The van der Waals surface area contributed by atoms with Crippen LogP contribution in [0.15, 0.2) is 24.3 Å². The van der Waals surface area contributed by atoms with Gasteiger partial charge in [0.25, 0.3) is 0 Å². The third-order valence-electron chi connectivity index (χ3n) is 4.82. The molecule has 0 aliphatic carbocycles. The SMILES string of the molecule is CCNC(=O)N1CCC(CN2C(=O)CS[C@H]2c2ccccc2F)CC1.